The predicted octanol–water partition coefficient (Wildman–Crippen LogP) is 3.29. The molecular formula is C15H30N2. The summed E-state index contributed by atoms with van der Waals surface area (Å²) in [6, 6.07) is 0.540. The molecule has 1 rings (SSSR count). The third-order valence-electron chi connectivity index (χ3n) is 2.20. The fraction of sp³-hybridized carbons (Fsp3) is 0.600. The van der Waals surface area contributed by atoms with Crippen molar-refractivity contribution in [2.24, 2.45) is 0 Å². The van der Waals surface area contributed by atoms with Crippen LogP contribution in [0, 0.1) is 0 Å². The van der Waals surface area contributed by atoms with Crippen LogP contribution in [0.5, 0.6) is 0 Å². The molecule has 0 radical (unpaired) electrons. The van der Waals surface area contributed by atoms with Gasteiger partial charge < -0.3 is 10.6 Å². The van der Waals surface area contributed by atoms with E-state index in [1.807, 2.05) is 45.9 Å². The van der Waals surface area contributed by atoms with Gasteiger partial charge in [0.2, 0.25) is 0 Å². The largest absolute Gasteiger partial charge is 0.314 e. The van der Waals surface area contributed by atoms with Crippen molar-refractivity contribution < 1.29 is 0 Å². The summed E-state index contributed by atoms with van der Waals surface area (Å²) in [4.78, 5) is 0. The van der Waals surface area contributed by atoms with Crippen molar-refractivity contribution in [1.82, 2.24) is 10.6 Å². The monoisotopic (exact) mass is 238 g/mol. The van der Waals surface area contributed by atoms with Gasteiger partial charge >= 0.3 is 0 Å². The quantitative estimate of drug-likeness (QED) is 0.734. The molecule has 0 aliphatic carbocycles. The maximum Gasteiger partial charge on any atom is 0.0233 e. The van der Waals surface area contributed by atoms with Gasteiger partial charge in [0.15, 0.2) is 0 Å². The van der Waals surface area contributed by atoms with E-state index < -0.39 is 0 Å². The molecule has 2 heteroatoms. The first kappa shape index (κ1) is 18.5. The number of allylic oxidation sites excluding steroid dienone is 3. The number of piperazine rings is 1. The number of hydrogen-bond acceptors (Lipinski definition) is 2. The lowest BCUT2D eigenvalue weighted by Gasteiger charge is -2.24. The minimum atomic E-state index is 0.540. The zero-order chi connectivity index (χ0) is 13.5. The second-order valence-corrected chi connectivity index (χ2v) is 3.24. The molecule has 0 aromatic rings. The molecule has 0 aromatic carbocycles. The van der Waals surface area contributed by atoms with Crippen molar-refractivity contribution in [1.29, 1.82) is 0 Å². The number of hydrogen-bond donors (Lipinski definition) is 2. The van der Waals surface area contributed by atoms with E-state index in [1.165, 1.54) is 5.57 Å². The van der Waals surface area contributed by atoms with E-state index in [0.29, 0.717) is 6.04 Å². The molecule has 1 atom stereocenters. The Hall–Kier alpha value is -0.860. The predicted molar refractivity (Wildman–Crippen MR) is 80.5 cm³/mol. The molecule has 2 nitrogen and oxygen atoms in total. The van der Waals surface area contributed by atoms with Gasteiger partial charge in [-0.15, -0.1) is 0 Å². The Morgan fingerprint density at radius 2 is 1.82 bits per heavy atom. The first-order valence-corrected chi connectivity index (χ1v) is 6.75. The van der Waals surface area contributed by atoms with Crippen LogP contribution in [-0.2, 0) is 0 Å². The summed E-state index contributed by atoms with van der Waals surface area (Å²) in [5.74, 6) is 0. The summed E-state index contributed by atoms with van der Waals surface area (Å²) in [5, 5.41) is 6.81. The van der Waals surface area contributed by atoms with Gasteiger partial charge in [0.1, 0.15) is 0 Å². The highest BCUT2D eigenvalue weighted by molar-refractivity contribution is 5.22. The van der Waals surface area contributed by atoms with Crippen LogP contribution in [0.1, 0.15) is 34.1 Å². The van der Waals surface area contributed by atoms with Crippen LogP contribution in [-0.4, -0.2) is 25.7 Å². The summed E-state index contributed by atoms with van der Waals surface area (Å²) in [7, 11) is 0. The van der Waals surface area contributed by atoms with Crippen LogP contribution >= 0.6 is 0 Å². The van der Waals surface area contributed by atoms with Crippen LogP contribution < -0.4 is 10.6 Å². The number of rotatable bonds is 4. The van der Waals surface area contributed by atoms with Crippen LogP contribution in [0.2, 0.25) is 0 Å². The minimum Gasteiger partial charge on any atom is -0.314 e. The fourth-order valence-electron chi connectivity index (χ4n) is 1.51. The van der Waals surface area contributed by atoms with Gasteiger partial charge in [0.25, 0.3) is 0 Å². The van der Waals surface area contributed by atoms with Crippen molar-refractivity contribution in [2.45, 2.75) is 40.2 Å². The maximum absolute atomic E-state index is 3.78. The molecule has 0 amide bonds. The Kier molecular flexibility index (Phi) is 16.5. The lowest BCUT2D eigenvalue weighted by molar-refractivity contribution is 0.417. The molecule has 17 heavy (non-hydrogen) atoms. The average molecular weight is 238 g/mol. The van der Waals surface area contributed by atoms with Gasteiger partial charge in [-0.2, -0.15) is 0 Å². The summed E-state index contributed by atoms with van der Waals surface area (Å²) in [6.07, 6.45) is 6.76. The van der Waals surface area contributed by atoms with E-state index in [9.17, 15) is 0 Å². The van der Waals surface area contributed by atoms with E-state index in [0.717, 1.165) is 26.1 Å². The lowest BCUT2D eigenvalue weighted by Crippen LogP contribution is -2.48. The first-order valence-electron chi connectivity index (χ1n) is 6.75. The van der Waals surface area contributed by atoms with Crippen LogP contribution in [0.3, 0.4) is 0 Å². The highest BCUT2D eigenvalue weighted by Crippen LogP contribution is 2.07. The summed E-state index contributed by atoms with van der Waals surface area (Å²) in [6.45, 7) is 18.6. The van der Waals surface area contributed by atoms with Gasteiger partial charge in [0.05, 0.1) is 0 Å². The van der Waals surface area contributed by atoms with E-state index >= 15 is 0 Å². The maximum atomic E-state index is 3.78. The van der Waals surface area contributed by atoms with E-state index in [4.69, 9.17) is 0 Å². The zero-order valence-corrected chi connectivity index (χ0v) is 12.1. The Morgan fingerprint density at radius 1 is 1.18 bits per heavy atom. The molecule has 0 saturated carbocycles. The Morgan fingerprint density at radius 3 is 2.24 bits per heavy atom. The fourth-order valence-corrected chi connectivity index (χ4v) is 1.51. The highest BCUT2D eigenvalue weighted by Gasteiger charge is 2.11. The van der Waals surface area contributed by atoms with Crippen molar-refractivity contribution in [3.8, 4) is 0 Å². The second-order valence-electron chi connectivity index (χ2n) is 3.24. The normalized spacial score (nSPS) is 19.1. The van der Waals surface area contributed by atoms with Crippen LogP contribution in [0.15, 0.2) is 37.0 Å². The minimum absolute atomic E-state index is 0.540. The molecule has 100 valence electrons. The van der Waals surface area contributed by atoms with Crippen molar-refractivity contribution in [2.75, 3.05) is 19.6 Å². The molecule has 0 spiro atoms. The van der Waals surface area contributed by atoms with Gasteiger partial charge in [-0.3, -0.25) is 0 Å². The molecule has 2 N–H and O–H groups in total. The lowest BCUT2D eigenvalue weighted by atomic mass is 10.0. The van der Waals surface area contributed by atoms with Gasteiger partial charge in [-0.1, -0.05) is 59.1 Å². The molecule has 0 aromatic heterocycles. The molecular weight excluding hydrogens is 208 g/mol. The average Bonchev–Trinajstić information content (AvgIpc) is 2.44. The topological polar surface area (TPSA) is 24.1 Å². The summed E-state index contributed by atoms with van der Waals surface area (Å²) < 4.78 is 0. The Labute approximate surface area is 108 Å². The molecule has 1 saturated heterocycles. The first-order chi connectivity index (χ1) is 8.36. The molecule has 1 unspecified atom stereocenters. The van der Waals surface area contributed by atoms with E-state index in [1.54, 1.807) is 0 Å². The van der Waals surface area contributed by atoms with Gasteiger partial charge in [-0.05, 0) is 12.0 Å². The van der Waals surface area contributed by atoms with Gasteiger partial charge in [0, 0.05) is 25.7 Å². The Bertz CT molecular complexity index is 201. The van der Waals surface area contributed by atoms with E-state index in [-0.39, 0.29) is 0 Å². The second kappa shape index (κ2) is 15.1. The standard InChI is InChI=1S/C11H18N2.2C2H6/c1-3-5-10(4-2)8-11-9-12-6-7-13-11;2*1-2/h3-5,11-13H,1-2,6-9H2;2*1-2H3/b10-5+;;. The molecule has 1 fully saturated rings. The molecule has 1 aliphatic heterocycles. The van der Waals surface area contributed by atoms with Crippen molar-refractivity contribution in [3.63, 3.8) is 0 Å². The third-order valence-corrected chi connectivity index (χ3v) is 2.20. The van der Waals surface area contributed by atoms with Crippen LogP contribution in [0.25, 0.3) is 0 Å². The Balaban J connectivity index is 0. The summed E-state index contributed by atoms with van der Waals surface area (Å²) >= 11 is 0. The van der Waals surface area contributed by atoms with E-state index in [2.05, 4.69) is 23.8 Å². The molecule has 1 heterocycles. The third kappa shape index (κ3) is 10.0. The summed E-state index contributed by atoms with van der Waals surface area (Å²) in [5.41, 5.74) is 1.25. The van der Waals surface area contributed by atoms with Crippen LogP contribution in [0.4, 0.5) is 0 Å². The van der Waals surface area contributed by atoms with Gasteiger partial charge in [-0.25, -0.2) is 0 Å². The number of nitrogens with one attached hydrogen (secondary N) is 2. The van der Waals surface area contributed by atoms with Crippen molar-refractivity contribution in [3.05, 3.63) is 37.0 Å². The SMILES string of the molecule is C=C/C=C(\C=C)CC1CNCCN1.CC.CC. The van der Waals surface area contributed by atoms with Crippen molar-refractivity contribution >= 4 is 0 Å². The smallest absolute Gasteiger partial charge is 0.0233 e. The molecule has 0 bridgehead atoms. The molecule has 1 aliphatic rings. The highest BCUT2D eigenvalue weighted by atomic mass is 15.0. The zero-order valence-electron chi connectivity index (χ0n) is 12.1.